The van der Waals surface area contributed by atoms with Gasteiger partial charge in [0.05, 0.1) is 0 Å². The Morgan fingerprint density at radius 2 is 1.56 bits per heavy atom. The van der Waals surface area contributed by atoms with Gasteiger partial charge in [0.2, 0.25) is 0 Å². The molecule has 0 aliphatic carbocycles. The smallest absolute Gasteiger partial charge is 0.306 e. The van der Waals surface area contributed by atoms with E-state index < -0.39 is 42.3 Å². The average Bonchev–Trinajstić information content (AvgIpc) is 3.28. The van der Waals surface area contributed by atoms with Crippen molar-refractivity contribution in [1.29, 1.82) is 0 Å². The predicted molar refractivity (Wildman–Crippen MR) is 120 cm³/mol. The summed E-state index contributed by atoms with van der Waals surface area (Å²) in [5.41, 5.74) is 0.968. The van der Waals surface area contributed by atoms with E-state index in [9.17, 15) is 9.59 Å². The summed E-state index contributed by atoms with van der Waals surface area (Å²) >= 11 is 0. The average molecular weight is 478 g/mol. The first kappa shape index (κ1) is 25.1. The van der Waals surface area contributed by atoms with Crippen LogP contribution in [0.5, 0.6) is 0 Å². The normalized spacial score (nSPS) is 30.9. The molecule has 9 heteroatoms. The van der Waals surface area contributed by atoms with Gasteiger partial charge in [-0.05, 0) is 46.1 Å². The van der Waals surface area contributed by atoms with E-state index in [-0.39, 0.29) is 18.5 Å². The summed E-state index contributed by atoms with van der Waals surface area (Å²) in [6.45, 7) is 7.97. The fraction of sp³-hybridized carbons (Fsp3) is 0.680. The quantitative estimate of drug-likeness (QED) is 0.428. The first-order valence-electron chi connectivity index (χ1n) is 12.0. The summed E-state index contributed by atoms with van der Waals surface area (Å²) in [5.74, 6) is -2.17. The zero-order valence-electron chi connectivity index (χ0n) is 20.3. The second-order valence-electron chi connectivity index (χ2n) is 9.84. The molecule has 0 radical (unpaired) electrons. The number of esters is 1. The van der Waals surface area contributed by atoms with Gasteiger partial charge in [0.15, 0.2) is 24.0 Å². The van der Waals surface area contributed by atoms with Gasteiger partial charge in [-0.2, -0.15) is 0 Å². The number of unbranched alkanes of at least 4 members (excludes halogenated alkanes) is 2. The molecule has 0 unspecified atom stereocenters. The third-order valence-corrected chi connectivity index (χ3v) is 6.01. The number of ether oxygens (including phenoxy) is 6. The summed E-state index contributed by atoms with van der Waals surface area (Å²) in [6.07, 6.45) is -0.504. The molecule has 1 aromatic rings. The van der Waals surface area contributed by atoms with Crippen LogP contribution in [-0.2, 0) is 44.6 Å². The minimum absolute atomic E-state index is 0.216. The Hall–Kier alpha value is -2.04. The topological polar surface area (TPSA) is 102 Å². The lowest BCUT2D eigenvalue weighted by Crippen LogP contribution is -2.59. The molecular weight excluding hydrogens is 442 g/mol. The number of carbonyl (C=O) groups is 2. The third-order valence-electron chi connectivity index (χ3n) is 6.01. The first-order valence-corrected chi connectivity index (χ1v) is 12.0. The maximum atomic E-state index is 12.9. The highest BCUT2D eigenvalue weighted by Crippen LogP contribution is 2.44. The molecule has 3 saturated heterocycles. The maximum Gasteiger partial charge on any atom is 0.306 e. The lowest BCUT2D eigenvalue weighted by molar-refractivity contribution is -0.231. The summed E-state index contributed by atoms with van der Waals surface area (Å²) in [7, 11) is 0. The first-order chi connectivity index (χ1) is 16.1. The van der Waals surface area contributed by atoms with Gasteiger partial charge in [0.25, 0.3) is 5.91 Å². The van der Waals surface area contributed by atoms with Crippen molar-refractivity contribution in [3.05, 3.63) is 35.9 Å². The van der Waals surface area contributed by atoms with Gasteiger partial charge in [-0.25, -0.2) is 0 Å². The molecule has 0 saturated carbocycles. The molecule has 34 heavy (non-hydrogen) atoms. The van der Waals surface area contributed by atoms with Crippen LogP contribution in [0.4, 0.5) is 0 Å². The van der Waals surface area contributed by atoms with Crippen LogP contribution in [0.1, 0.15) is 58.9 Å². The molecular formula is C25H35NO8. The van der Waals surface area contributed by atoms with E-state index in [2.05, 4.69) is 5.32 Å². The Balaban J connectivity index is 1.18. The highest BCUT2D eigenvalue weighted by atomic mass is 16.9. The van der Waals surface area contributed by atoms with Crippen LogP contribution in [0.25, 0.3) is 0 Å². The van der Waals surface area contributed by atoms with Crippen LogP contribution < -0.4 is 5.32 Å². The van der Waals surface area contributed by atoms with Crippen LogP contribution >= 0.6 is 0 Å². The van der Waals surface area contributed by atoms with Crippen molar-refractivity contribution in [2.75, 3.05) is 6.54 Å². The van der Waals surface area contributed by atoms with E-state index in [0.29, 0.717) is 19.4 Å². The van der Waals surface area contributed by atoms with Crippen LogP contribution in [0.3, 0.4) is 0 Å². The van der Waals surface area contributed by atoms with Crippen LogP contribution in [0.15, 0.2) is 30.3 Å². The molecule has 1 aromatic carbocycles. The number of carbonyl (C=O) groups excluding carboxylic acids is 2. The van der Waals surface area contributed by atoms with E-state index in [0.717, 1.165) is 18.4 Å². The zero-order valence-corrected chi connectivity index (χ0v) is 20.3. The summed E-state index contributed by atoms with van der Waals surface area (Å²) in [4.78, 5) is 24.8. The van der Waals surface area contributed by atoms with E-state index in [1.54, 1.807) is 27.7 Å². The van der Waals surface area contributed by atoms with Crippen molar-refractivity contribution in [1.82, 2.24) is 5.32 Å². The molecule has 1 amide bonds. The van der Waals surface area contributed by atoms with Gasteiger partial charge < -0.3 is 33.7 Å². The number of hydrogen-bond donors (Lipinski definition) is 1. The van der Waals surface area contributed by atoms with Gasteiger partial charge in [-0.1, -0.05) is 36.8 Å². The number of hydrogen-bond acceptors (Lipinski definition) is 8. The molecule has 3 heterocycles. The second-order valence-corrected chi connectivity index (χ2v) is 9.84. The highest BCUT2D eigenvalue weighted by Gasteiger charge is 2.62. The Kier molecular flexibility index (Phi) is 7.59. The summed E-state index contributed by atoms with van der Waals surface area (Å²) < 4.78 is 35.1. The minimum atomic E-state index is -0.863. The molecule has 9 nitrogen and oxygen atoms in total. The Labute approximate surface area is 200 Å². The predicted octanol–water partition coefficient (Wildman–Crippen LogP) is 2.80. The van der Waals surface area contributed by atoms with Crippen molar-refractivity contribution in [3.63, 3.8) is 0 Å². The van der Waals surface area contributed by atoms with Crippen molar-refractivity contribution in [2.45, 2.75) is 102 Å². The van der Waals surface area contributed by atoms with Gasteiger partial charge >= 0.3 is 5.97 Å². The van der Waals surface area contributed by atoms with E-state index >= 15 is 0 Å². The highest BCUT2D eigenvalue weighted by molar-refractivity contribution is 5.81. The minimum Gasteiger partial charge on any atom is -0.461 e. The molecule has 0 bridgehead atoms. The Bertz CT molecular complexity index is 858. The van der Waals surface area contributed by atoms with Crippen molar-refractivity contribution in [3.8, 4) is 0 Å². The van der Waals surface area contributed by atoms with E-state index in [4.69, 9.17) is 28.4 Å². The van der Waals surface area contributed by atoms with Gasteiger partial charge in [0.1, 0.15) is 24.9 Å². The molecule has 3 aliphatic heterocycles. The van der Waals surface area contributed by atoms with Crippen molar-refractivity contribution in [2.24, 2.45) is 0 Å². The second kappa shape index (κ2) is 10.3. The van der Waals surface area contributed by atoms with Crippen LogP contribution in [0, 0.1) is 0 Å². The number of amides is 1. The summed E-state index contributed by atoms with van der Waals surface area (Å²) in [6, 6.07) is 9.59. The van der Waals surface area contributed by atoms with E-state index in [1.807, 2.05) is 30.3 Å². The number of benzene rings is 1. The number of fused-ring (bicyclic) bond motifs is 3. The Morgan fingerprint density at radius 3 is 2.32 bits per heavy atom. The lowest BCUT2D eigenvalue weighted by Gasteiger charge is -2.36. The van der Waals surface area contributed by atoms with Crippen LogP contribution in [-0.4, -0.2) is 60.7 Å². The molecule has 0 aromatic heterocycles. The van der Waals surface area contributed by atoms with Crippen molar-refractivity contribution < 1.29 is 38.0 Å². The maximum absolute atomic E-state index is 12.9. The van der Waals surface area contributed by atoms with Crippen LogP contribution in [0.2, 0.25) is 0 Å². The molecule has 3 fully saturated rings. The van der Waals surface area contributed by atoms with Crippen molar-refractivity contribution >= 4 is 11.9 Å². The third kappa shape index (κ3) is 6.14. The lowest BCUT2D eigenvalue weighted by atomic mass is 9.98. The number of rotatable bonds is 9. The SMILES string of the molecule is CC1(C)O[C@@H]2O[C@H](C(=O)NCCCCCC(=O)OCc3ccccc3)[C@@H]3OC(C)(C)O[C@@H]3[C@@H]2O1. The fourth-order valence-corrected chi connectivity index (χ4v) is 4.52. The van der Waals surface area contributed by atoms with Gasteiger partial charge in [0, 0.05) is 13.0 Å². The molecule has 188 valence electrons. The molecule has 1 N–H and O–H groups in total. The fourth-order valence-electron chi connectivity index (χ4n) is 4.52. The van der Waals surface area contributed by atoms with E-state index in [1.165, 1.54) is 0 Å². The Morgan fingerprint density at radius 1 is 0.882 bits per heavy atom. The molecule has 3 aliphatic rings. The largest absolute Gasteiger partial charge is 0.461 e. The molecule has 0 spiro atoms. The zero-order chi connectivity index (χ0) is 24.3. The van der Waals surface area contributed by atoms with Gasteiger partial charge in [-0.3, -0.25) is 9.59 Å². The number of nitrogens with one attached hydrogen (secondary N) is 1. The monoisotopic (exact) mass is 477 g/mol. The standard InChI is InChI=1S/C25H35NO8/c1-24(2)31-18-19(32-24)21-23(34-25(3,4)33-21)30-20(18)22(28)26-14-10-6-9-13-17(27)29-15-16-11-7-5-8-12-16/h5,7-8,11-12,18-21,23H,6,9-10,13-15H2,1-4H3,(H,26,28)/t18-,19+,20+,21+,23+/m1/s1. The molecule has 4 rings (SSSR count). The van der Waals surface area contributed by atoms with Gasteiger partial charge in [-0.15, -0.1) is 0 Å². The summed E-state index contributed by atoms with van der Waals surface area (Å²) in [5, 5.41) is 2.92. The molecule has 5 atom stereocenters.